The number of aliphatic imine (C=N–C) groups is 1. The van der Waals surface area contributed by atoms with Gasteiger partial charge in [0.25, 0.3) is 6.02 Å². The molecule has 1 rings (SSSR count). The maximum Gasteiger partial charge on any atom is 0.337 e. The summed E-state index contributed by atoms with van der Waals surface area (Å²) in [4.78, 5) is 41.8. The molecule has 0 bridgehead atoms. The lowest BCUT2D eigenvalue weighted by Crippen LogP contribution is -2.30. The van der Waals surface area contributed by atoms with Crippen LogP contribution in [0.3, 0.4) is 0 Å². The molecular formula is C22H29N5O6. The summed E-state index contributed by atoms with van der Waals surface area (Å²) in [5.74, 6) is -1.17. The van der Waals surface area contributed by atoms with Gasteiger partial charge in [0.2, 0.25) is 11.8 Å². The number of cyclic esters (lactones) is 1. The average Bonchev–Trinajstić information content (AvgIpc) is 2.95. The predicted molar refractivity (Wildman–Crippen MR) is 121 cm³/mol. The van der Waals surface area contributed by atoms with Gasteiger partial charge >= 0.3 is 5.97 Å². The van der Waals surface area contributed by atoms with Gasteiger partial charge in [-0.25, -0.2) is 9.79 Å². The van der Waals surface area contributed by atoms with E-state index in [0.29, 0.717) is 24.0 Å². The summed E-state index contributed by atoms with van der Waals surface area (Å²) in [6.45, 7) is 3.90. The fourth-order valence-corrected chi connectivity index (χ4v) is 2.90. The Kier molecular flexibility index (Phi) is 12.4. The van der Waals surface area contributed by atoms with E-state index in [0.717, 1.165) is 6.42 Å². The Morgan fingerprint density at radius 1 is 1.39 bits per heavy atom. The first-order valence-electron chi connectivity index (χ1n) is 10.4. The van der Waals surface area contributed by atoms with Crippen LogP contribution in [0.4, 0.5) is 0 Å². The second-order valence-corrected chi connectivity index (χ2v) is 6.69. The monoisotopic (exact) mass is 459 g/mol. The molecule has 0 aromatic rings. The zero-order valence-corrected chi connectivity index (χ0v) is 19.2. The summed E-state index contributed by atoms with van der Waals surface area (Å²) in [6.07, 6.45) is 8.56. The van der Waals surface area contributed by atoms with Crippen LogP contribution in [0.1, 0.15) is 39.5 Å². The van der Waals surface area contributed by atoms with Gasteiger partial charge in [-0.05, 0) is 35.1 Å². The van der Waals surface area contributed by atoms with Crippen molar-refractivity contribution in [3.63, 3.8) is 0 Å². The summed E-state index contributed by atoms with van der Waals surface area (Å²) >= 11 is 0. The molecule has 0 aromatic carbocycles. The van der Waals surface area contributed by atoms with Crippen LogP contribution in [0, 0.1) is 5.92 Å². The highest BCUT2D eigenvalue weighted by molar-refractivity contribution is 5.88. The normalized spacial score (nSPS) is 17.0. The van der Waals surface area contributed by atoms with E-state index in [4.69, 9.17) is 19.7 Å². The van der Waals surface area contributed by atoms with Crippen molar-refractivity contribution in [1.29, 1.82) is 0 Å². The fourth-order valence-electron chi connectivity index (χ4n) is 2.90. The summed E-state index contributed by atoms with van der Waals surface area (Å²) < 4.78 is 16.2. The molecule has 1 heterocycles. The van der Waals surface area contributed by atoms with Crippen molar-refractivity contribution in [2.45, 2.75) is 39.5 Å². The van der Waals surface area contributed by atoms with Crippen LogP contribution in [0.5, 0.6) is 0 Å². The number of carbonyl (C=O) groups excluding carboxylic acids is 3. The maximum atomic E-state index is 11.9. The van der Waals surface area contributed by atoms with E-state index in [-0.39, 0.29) is 42.8 Å². The van der Waals surface area contributed by atoms with Crippen molar-refractivity contribution in [3.05, 3.63) is 57.5 Å². The largest absolute Gasteiger partial charge is 0.497 e. The number of hydrogen-bond donors (Lipinski definition) is 1. The minimum absolute atomic E-state index is 0.0118. The third kappa shape index (κ3) is 9.04. The lowest BCUT2D eigenvalue weighted by Gasteiger charge is -2.17. The standard InChI is InChI=1S/C22H29N5O6/c1-5-7-8-18(31-4)16(13-19(29)26-27-23)11-12-32-22(24-3)25-21-17(14-28)15(6-2)9-10-20(30)33-21/h7-10,14-15H,5-6,11-13H2,1-4H3,(H,24,25)/b8-7-,18-16+. The smallest absolute Gasteiger partial charge is 0.337 e. The molecule has 33 heavy (non-hydrogen) atoms. The van der Waals surface area contributed by atoms with E-state index >= 15 is 0 Å². The van der Waals surface area contributed by atoms with E-state index in [1.165, 1.54) is 20.2 Å². The first-order valence-corrected chi connectivity index (χ1v) is 10.4. The Bertz CT molecular complexity index is 926. The van der Waals surface area contributed by atoms with Crippen molar-refractivity contribution in [2.24, 2.45) is 16.0 Å². The Morgan fingerprint density at radius 3 is 2.73 bits per heavy atom. The molecule has 0 fully saturated rings. The number of azide groups is 1. The number of esters is 1. The van der Waals surface area contributed by atoms with Crippen LogP contribution < -0.4 is 5.32 Å². The molecule has 1 N–H and O–H groups in total. The van der Waals surface area contributed by atoms with Crippen LogP contribution >= 0.6 is 0 Å². The molecule has 1 unspecified atom stereocenters. The van der Waals surface area contributed by atoms with Crippen molar-refractivity contribution in [2.75, 3.05) is 20.8 Å². The van der Waals surface area contributed by atoms with E-state index in [1.807, 2.05) is 19.9 Å². The van der Waals surface area contributed by atoms with Crippen LogP contribution in [0.15, 0.2) is 57.2 Å². The summed E-state index contributed by atoms with van der Waals surface area (Å²) in [5.41, 5.74) is 9.33. The summed E-state index contributed by atoms with van der Waals surface area (Å²) in [6, 6.07) is 0.0118. The molecule has 0 radical (unpaired) electrons. The van der Waals surface area contributed by atoms with E-state index < -0.39 is 11.9 Å². The van der Waals surface area contributed by atoms with Crippen molar-refractivity contribution < 1.29 is 28.6 Å². The average molecular weight is 460 g/mol. The van der Waals surface area contributed by atoms with Gasteiger partial charge in [0.15, 0.2) is 6.29 Å². The van der Waals surface area contributed by atoms with Crippen LogP contribution in [-0.4, -0.2) is 44.9 Å². The number of methoxy groups -OCH3 is 1. The lowest BCUT2D eigenvalue weighted by molar-refractivity contribution is -0.134. The minimum atomic E-state index is -0.654. The molecule has 1 amide bonds. The zero-order chi connectivity index (χ0) is 24.6. The van der Waals surface area contributed by atoms with Crippen LogP contribution in [-0.2, 0) is 28.6 Å². The van der Waals surface area contributed by atoms with Crippen molar-refractivity contribution in [1.82, 2.24) is 5.32 Å². The number of rotatable bonds is 11. The number of amides is 1. The first kappa shape index (κ1) is 27.2. The minimum Gasteiger partial charge on any atom is -0.497 e. The fraction of sp³-hybridized carbons (Fsp3) is 0.455. The third-order valence-electron chi connectivity index (χ3n) is 4.56. The Labute approximate surface area is 192 Å². The molecule has 0 spiro atoms. The molecule has 11 heteroatoms. The highest BCUT2D eigenvalue weighted by atomic mass is 16.6. The van der Waals surface area contributed by atoms with Crippen molar-refractivity contribution >= 4 is 24.2 Å². The number of aldehydes is 1. The van der Waals surface area contributed by atoms with E-state index in [1.54, 1.807) is 12.2 Å². The third-order valence-corrected chi connectivity index (χ3v) is 4.56. The summed E-state index contributed by atoms with van der Waals surface area (Å²) in [5, 5.41) is 5.86. The molecule has 1 aliphatic heterocycles. The molecule has 1 aliphatic rings. The Balaban J connectivity index is 3.00. The molecular weight excluding hydrogens is 430 g/mol. The van der Waals surface area contributed by atoms with E-state index in [9.17, 15) is 14.4 Å². The Morgan fingerprint density at radius 2 is 2.15 bits per heavy atom. The SMILES string of the molecule is CC/C=C\C(OC)=C(\CCOC(=NC)NC1=C(C=O)C(CC)C=CC(=O)O1)CC(=O)N=[N+]=[N-]. The zero-order valence-electron chi connectivity index (χ0n) is 19.2. The molecule has 0 aliphatic carbocycles. The Hall–Kier alpha value is -3.85. The quantitative estimate of drug-likeness (QED) is 0.0570. The number of ether oxygens (including phenoxy) is 3. The number of carbonyl (C=O) groups is 3. The predicted octanol–water partition coefficient (Wildman–Crippen LogP) is 3.61. The van der Waals surface area contributed by atoms with Crippen LogP contribution in [0.2, 0.25) is 0 Å². The van der Waals surface area contributed by atoms with Gasteiger partial charge in [0.1, 0.15) is 5.76 Å². The lowest BCUT2D eigenvalue weighted by atomic mass is 9.97. The van der Waals surface area contributed by atoms with Gasteiger partial charge in [-0.15, -0.1) is 0 Å². The highest BCUT2D eigenvalue weighted by Crippen LogP contribution is 2.22. The number of amidine groups is 1. The summed E-state index contributed by atoms with van der Waals surface area (Å²) in [7, 11) is 2.94. The van der Waals surface area contributed by atoms with Crippen LogP contribution in [0.25, 0.3) is 10.4 Å². The number of nitrogens with one attached hydrogen (secondary N) is 1. The maximum absolute atomic E-state index is 11.9. The second kappa shape index (κ2) is 15.0. The van der Waals surface area contributed by atoms with Gasteiger partial charge in [-0.1, -0.05) is 26.0 Å². The first-order chi connectivity index (χ1) is 15.9. The van der Waals surface area contributed by atoms with Crippen molar-refractivity contribution in [3.8, 4) is 0 Å². The molecule has 0 aromatic heterocycles. The van der Waals surface area contributed by atoms with E-state index in [2.05, 4.69) is 20.3 Å². The molecule has 0 saturated heterocycles. The van der Waals surface area contributed by atoms with Gasteiger partial charge in [0.05, 0.1) is 19.3 Å². The molecule has 178 valence electrons. The number of allylic oxidation sites excluding steroid dienone is 4. The van der Waals surface area contributed by atoms with Gasteiger partial charge < -0.3 is 14.2 Å². The van der Waals surface area contributed by atoms with Gasteiger partial charge in [-0.3, -0.25) is 14.9 Å². The number of hydrogen-bond acceptors (Lipinski definition) is 7. The number of nitrogens with zero attached hydrogens (tertiary/aromatic N) is 4. The second-order valence-electron chi connectivity index (χ2n) is 6.69. The van der Waals surface area contributed by atoms with Gasteiger partial charge in [-0.2, -0.15) is 0 Å². The molecule has 1 atom stereocenters. The molecule has 11 nitrogen and oxygen atoms in total. The highest BCUT2D eigenvalue weighted by Gasteiger charge is 2.23. The van der Waals surface area contributed by atoms with Gasteiger partial charge in [0, 0.05) is 36.8 Å². The topological polar surface area (TPSA) is 152 Å². The molecule has 0 saturated carbocycles.